The summed E-state index contributed by atoms with van der Waals surface area (Å²) in [6.45, 7) is 0.741. The summed E-state index contributed by atoms with van der Waals surface area (Å²) in [5.74, 6) is 0.145. The van der Waals surface area contributed by atoms with Crippen molar-refractivity contribution in [1.82, 2.24) is 5.32 Å². The van der Waals surface area contributed by atoms with Crippen LogP contribution in [0.1, 0.15) is 19.3 Å². The van der Waals surface area contributed by atoms with Crippen molar-refractivity contribution in [2.24, 2.45) is 0 Å². The smallest absolute Gasteiger partial charge is 0.244 e. The quantitative estimate of drug-likeness (QED) is 0.924. The Balaban J connectivity index is 1.78. The molecule has 1 N–H and O–H groups in total. The Morgan fingerprint density at radius 2 is 2.11 bits per heavy atom. The van der Waals surface area contributed by atoms with Gasteiger partial charge in [0.15, 0.2) is 0 Å². The molecule has 0 spiro atoms. The maximum atomic E-state index is 12.3. The lowest BCUT2D eigenvalue weighted by atomic mass is 10.2. The molecule has 5 heteroatoms. The summed E-state index contributed by atoms with van der Waals surface area (Å²) in [7, 11) is 0. The van der Waals surface area contributed by atoms with Crippen molar-refractivity contribution in [2.45, 2.75) is 31.3 Å². The third-order valence-corrected chi connectivity index (χ3v) is 4.22. The van der Waals surface area contributed by atoms with E-state index >= 15 is 0 Å². The van der Waals surface area contributed by atoms with Gasteiger partial charge >= 0.3 is 0 Å². The highest BCUT2D eigenvalue weighted by atomic mass is 79.9. The van der Waals surface area contributed by atoms with Crippen molar-refractivity contribution in [3.8, 4) is 0 Å². The first kappa shape index (κ1) is 12.5. The normalized spacial score (nSPS) is 23.8. The standard InChI is InChI=1S/C13H14BrClN2O/c14-8-1-4-12(10(15)7-8)17-6-5-11(13(17)18)16-9-2-3-9/h1,4,7,9,11,16H,2-3,5-6H2. The molecule has 1 heterocycles. The third kappa shape index (κ3) is 2.42. The molecule has 3 nitrogen and oxygen atoms in total. The lowest BCUT2D eigenvalue weighted by Crippen LogP contribution is -2.39. The van der Waals surface area contributed by atoms with Crippen LogP contribution in [0.25, 0.3) is 0 Å². The Labute approximate surface area is 120 Å². The average molecular weight is 330 g/mol. The van der Waals surface area contributed by atoms with Crippen molar-refractivity contribution < 1.29 is 4.79 Å². The van der Waals surface area contributed by atoms with Gasteiger partial charge in [-0.15, -0.1) is 0 Å². The maximum Gasteiger partial charge on any atom is 0.244 e. The predicted molar refractivity (Wildman–Crippen MR) is 76.1 cm³/mol. The fourth-order valence-corrected chi connectivity index (χ4v) is 3.08. The Morgan fingerprint density at radius 1 is 1.33 bits per heavy atom. The van der Waals surface area contributed by atoms with Gasteiger partial charge in [0.25, 0.3) is 0 Å². The largest absolute Gasteiger partial charge is 0.310 e. The van der Waals surface area contributed by atoms with Crippen molar-refractivity contribution in [3.05, 3.63) is 27.7 Å². The van der Waals surface area contributed by atoms with Crippen LogP contribution in [-0.2, 0) is 4.79 Å². The molecule has 0 aromatic heterocycles. The van der Waals surface area contributed by atoms with E-state index in [4.69, 9.17) is 11.6 Å². The van der Waals surface area contributed by atoms with Crippen LogP contribution < -0.4 is 10.2 Å². The summed E-state index contributed by atoms with van der Waals surface area (Å²) in [5.41, 5.74) is 0.810. The molecule has 1 unspecified atom stereocenters. The number of carbonyl (C=O) groups excluding carboxylic acids is 1. The van der Waals surface area contributed by atoms with Crippen LogP contribution in [0.4, 0.5) is 5.69 Å². The number of halogens is 2. The van der Waals surface area contributed by atoms with E-state index < -0.39 is 0 Å². The van der Waals surface area contributed by atoms with Crippen molar-refractivity contribution >= 4 is 39.1 Å². The molecule has 1 atom stereocenters. The van der Waals surface area contributed by atoms with Crippen LogP contribution in [-0.4, -0.2) is 24.5 Å². The first-order valence-electron chi connectivity index (χ1n) is 6.17. The van der Waals surface area contributed by atoms with Crippen LogP contribution in [0.2, 0.25) is 5.02 Å². The molecule has 96 valence electrons. The molecular formula is C13H14BrClN2O. The average Bonchev–Trinajstić information content (AvgIpc) is 3.07. The van der Waals surface area contributed by atoms with Crippen LogP contribution in [0.15, 0.2) is 22.7 Å². The summed E-state index contributed by atoms with van der Waals surface area (Å²) < 4.78 is 0.926. The maximum absolute atomic E-state index is 12.3. The van der Waals surface area contributed by atoms with Gasteiger partial charge in [0.05, 0.1) is 16.8 Å². The van der Waals surface area contributed by atoms with E-state index in [1.54, 1.807) is 4.90 Å². The van der Waals surface area contributed by atoms with E-state index in [1.807, 2.05) is 18.2 Å². The highest BCUT2D eigenvalue weighted by molar-refractivity contribution is 9.10. The predicted octanol–water partition coefficient (Wildman–Crippen LogP) is 2.96. The van der Waals surface area contributed by atoms with Crippen LogP contribution in [0.3, 0.4) is 0 Å². The number of carbonyl (C=O) groups is 1. The summed E-state index contributed by atoms with van der Waals surface area (Å²) >= 11 is 9.57. The van der Waals surface area contributed by atoms with E-state index in [1.165, 1.54) is 12.8 Å². The number of benzene rings is 1. The Morgan fingerprint density at radius 3 is 2.78 bits per heavy atom. The van der Waals surface area contributed by atoms with Crippen LogP contribution in [0.5, 0.6) is 0 Å². The number of rotatable bonds is 3. The number of hydrogen-bond acceptors (Lipinski definition) is 2. The third-order valence-electron chi connectivity index (χ3n) is 3.42. The molecule has 18 heavy (non-hydrogen) atoms. The first-order chi connectivity index (χ1) is 8.65. The van der Waals surface area contributed by atoms with Crippen molar-refractivity contribution in [1.29, 1.82) is 0 Å². The van der Waals surface area contributed by atoms with E-state index in [0.717, 1.165) is 23.1 Å². The lowest BCUT2D eigenvalue weighted by molar-refractivity contribution is -0.118. The molecule has 3 rings (SSSR count). The fraction of sp³-hybridized carbons (Fsp3) is 0.462. The molecule has 1 aromatic carbocycles. The first-order valence-corrected chi connectivity index (χ1v) is 7.35. The summed E-state index contributed by atoms with van der Waals surface area (Å²) in [6, 6.07) is 6.16. The van der Waals surface area contributed by atoms with Gasteiger partial charge in [0, 0.05) is 17.1 Å². The van der Waals surface area contributed by atoms with Gasteiger partial charge in [0.1, 0.15) is 0 Å². The van der Waals surface area contributed by atoms with Crippen LogP contribution >= 0.6 is 27.5 Å². The van der Waals surface area contributed by atoms with Crippen molar-refractivity contribution in [2.75, 3.05) is 11.4 Å². The molecule has 1 saturated heterocycles. The number of amides is 1. The van der Waals surface area contributed by atoms with Gasteiger partial charge in [-0.25, -0.2) is 0 Å². The van der Waals surface area contributed by atoms with Crippen LogP contribution in [0, 0.1) is 0 Å². The number of nitrogens with one attached hydrogen (secondary N) is 1. The van der Waals surface area contributed by atoms with Gasteiger partial charge in [-0.3, -0.25) is 4.79 Å². The molecule has 1 aromatic rings. The second-order valence-corrected chi connectivity index (χ2v) is 6.19. The number of hydrogen-bond donors (Lipinski definition) is 1. The molecule has 0 bridgehead atoms. The van der Waals surface area contributed by atoms with E-state index in [9.17, 15) is 4.79 Å². The van der Waals surface area contributed by atoms with Gasteiger partial charge in [-0.05, 0) is 37.5 Å². The summed E-state index contributed by atoms with van der Waals surface area (Å²) in [6.07, 6.45) is 3.26. The van der Waals surface area contributed by atoms with Crippen molar-refractivity contribution in [3.63, 3.8) is 0 Å². The summed E-state index contributed by atoms with van der Waals surface area (Å²) in [4.78, 5) is 14.1. The zero-order chi connectivity index (χ0) is 12.7. The second-order valence-electron chi connectivity index (χ2n) is 4.87. The minimum atomic E-state index is -0.0304. The highest BCUT2D eigenvalue weighted by Gasteiger charge is 2.36. The minimum Gasteiger partial charge on any atom is -0.310 e. The molecule has 1 aliphatic carbocycles. The van der Waals surface area contributed by atoms with Gasteiger partial charge < -0.3 is 10.2 Å². The topological polar surface area (TPSA) is 32.3 Å². The molecule has 2 fully saturated rings. The molecule has 0 radical (unpaired) electrons. The molecule has 1 aliphatic heterocycles. The van der Waals surface area contributed by atoms with Gasteiger partial charge in [-0.1, -0.05) is 27.5 Å². The SMILES string of the molecule is O=C1C(NC2CC2)CCN1c1ccc(Br)cc1Cl. The lowest BCUT2D eigenvalue weighted by Gasteiger charge is -2.18. The van der Waals surface area contributed by atoms with E-state index in [-0.39, 0.29) is 11.9 Å². The zero-order valence-corrected chi connectivity index (χ0v) is 12.2. The number of nitrogens with zero attached hydrogens (tertiary/aromatic N) is 1. The Hall–Kier alpha value is -0.580. The Kier molecular flexibility index (Phi) is 3.34. The van der Waals surface area contributed by atoms with Gasteiger partial charge in [-0.2, -0.15) is 0 Å². The zero-order valence-electron chi connectivity index (χ0n) is 9.83. The molecule has 2 aliphatic rings. The molecule has 1 saturated carbocycles. The molecular weight excluding hydrogens is 316 g/mol. The minimum absolute atomic E-state index is 0.0304. The monoisotopic (exact) mass is 328 g/mol. The second kappa shape index (κ2) is 4.83. The summed E-state index contributed by atoms with van der Waals surface area (Å²) in [5, 5.41) is 4.01. The van der Waals surface area contributed by atoms with Gasteiger partial charge in [0.2, 0.25) is 5.91 Å². The molecule has 1 amide bonds. The fourth-order valence-electron chi connectivity index (χ4n) is 2.31. The Bertz CT molecular complexity index is 490. The number of anilines is 1. The van der Waals surface area contributed by atoms with E-state index in [2.05, 4.69) is 21.2 Å². The highest BCUT2D eigenvalue weighted by Crippen LogP contribution is 2.32. The van der Waals surface area contributed by atoms with E-state index in [0.29, 0.717) is 11.1 Å².